The van der Waals surface area contributed by atoms with Crippen molar-refractivity contribution in [1.82, 2.24) is 0 Å². The number of benzene rings is 2. The lowest BCUT2D eigenvalue weighted by Crippen LogP contribution is -2.59. The lowest BCUT2D eigenvalue weighted by Gasteiger charge is -2.39. The maximum Gasteiger partial charge on any atom is 0.340 e. The molecule has 1 aliphatic rings. The summed E-state index contributed by atoms with van der Waals surface area (Å²) in [5.41, 5.74) is 0.187. The van der Waals surface area contributed by atoms with E-state index in [4.69, 9.17) is 14.2 Å². The van der Waals surface area contributed by atoms with Gasteiger partial charge in [0.15, 0.2) is 17.2 Å². The number of ether oxygens (including phenoxy) is 3. The van der Waals surface area contributed by atoms with Gasteiger partial charge in [0.05, 0.1) is 5.56 Å². The van der Waals surface area contributed by atoms with E-state index in [0.29, 0.717) is 5.56 Å². The monoisotopic (exact) mass is 478 g/mol. The molecular formula is C22H22O12. The molecule has 12 nitrogen and oxygen atoms in total. The summed E-state index contributed by atoms with van der Waals surface area (Å²) in [6, 6.07) is 7.53. The molecule has 0 radical (unpaired) electrons. The number of aliphatic hydroxyl groups is 3. The van der Waals surface area contributed by atoms with Crippen LogP contribution in [0.1, 0.15) is 15.9 Å². The molecule has 0 unspecified atom stereocenters. The van der Waals surface area contributed by atoms with Crippen LogP contribution in [0.3, 0.4) is 0 Å². The topological polar surface area (TPSA) is 203 Å². The van der Waals surface area contributed by atoms with Crippen molar-refractivity contribution >= 4 is 18.0 Å². The van der Waals surface area contributed by atoms with Crippen molar-refractivity contribution in [3.63, 3.8) is 0 Å². The molecule has 5 atom stereocenters. The first-order valence-electron chi connectivity index (χ1n) is 9.86. The number of aromatic hydroxyl groups is 4. The fourth-order valence-electron chi connectivity index (χ4n) is 3.01. The fraction of sp³-hybridized carbons (Fsp3) is 0.273. The van der Waals surface area contributed by atoms with E-state index < -0.39 is 72.1 Å². The third kappa shape index (κ3) is 5.74. The van der Waals surface area contributed by atoms with Crippen molar-refractivity contribution < 1.29 is 59.5 Å². The Morgan fingerprint density at radius 2 is 1.53 bits per heavy atom. The number of hydrogen-bond acceptors (Lipinski definition) is 12. The van der Waals surface area contributed by atoms with Gasteiger partial charge in [-0.05, 0) is 35.9 Å². The van der Waals surface area contributed by atoms with Crippen molar-refractivity contribution in [1.29, 1.82) is 0 Å². The quantitative estimate of drug-likeness (QED) is 0.163. The zero-order valence-electron chi connectivity index (χ0n) is 17.4. The molecule has 3 rings (SSSR count). The first-order chi connectivity index (χ1) is 16.1. The van der Waals surface area contributed by atoms with E-state index in [2.05, 4.69) is 0 Å². The number of hydrogen-bond donors (Lipinski definition) is 7. The summed E-state index contributed by atoms with van der Waals surface area (Å²) >= 11 is 0. The molecule has 1 heterocycles. The zero-order chi connectivity index (χ0) is 25.0. The summed E-state index contributed by atoms with van der Waals surface area (Å²) in [6.45, 7) is -0.571. The number of carbonyl (C=O) groups is 2. The average Bonchev–Trinajstić information content (AvgIpc) is 2.81. The van der Waals surface area contributed by atoms with Crippen LogP contribution in [0.2, 0.25) is 0 Å². The third-order valence-corrected chi connectivity index (χ3v) is 4.89. The molecule has 0 aromatic heterocycles. The summed E-state index contributed by atoms with van der Waals surface area (Å²) in [4.78, 5) is 24.3. The van der Waals surface area contributed by atoms with E-state index >= 15 is 0 Å². The molecule has 2 aromatic carbocycles. The number of phenolic OH excluding ortho intramolecular Hbond substituents is 4. The van der Waals surface area contributed by atoms with Gasteiger partial charge in [0.1, 0.15) is 36.8 Å². The minimum atomic E-state index is -1.88. The van der Waals surface area contributed by atoms with Gasteiger partial charge in [0.25, 0.3) is 0 Å². The highest BCUT2D eigenvalue weighted by atomic mass is 16.7. The first kappa shape index (κ1) is 24.8. The minimum absolute atomic E-state index is 0.0539. The van der Waals surface area contributed by atoms with Crippen molar-refractivity contribution in [2.75, 3.05) is 6.61 Å². The normalized spacial score (nSPS) is 24.6. The van der Waals surface area contributed by atoms with Gasteiger partial charge < -0.3 is 50.0 Å². The predicted molar refractivity (Wildman–Crippen MR) is 112 cm³/mol. The molecule has 0 amide bonds. The second-order valence-electron chi connectivity index (χ2n) is 7.34. The van der Waals surface area contributed by atoms with Gasteiger partial charge in [-0.2, -0.15) is 0 Å². The van der Waals surface area contributed by atoms with Crippen molar-refractivity contribution in [2.45, 2.75) is 30.7 Å². The van der Waals surface area contributed by atoms with E-state index in [1.807, 2.05) is 0 Å². The molecule has 12 heteroatoms. The maximum absolute atomic E-state index is 12.3. The summed E-state index contributed by atoms with van der Waals surface area (Å²) < 4.78 is 15.2. The van der Waals surface area contributed by atoms with Gasteiger partial charge in [-0.1, -0.05) is 12.1 Å². The Morgan fingerprint density at radius 3 is 2.15 bits per heavy atom. The third-order valence-electron chi connectivity index (χ3n) is 4.89. The SMILES string of the molecule is O=C(C=Cc1ccc(O)cc1)OC[C@@H]1O[C@@H](OC(=O)c2cc(O)c(O)c(O)c2)[C@H](O)[C@@H](O)[C@@H]1O. The van der Waals surface area contributed by atoms with Crippen LogP contribution in [0.15, 0.2) is 42.5 Å². The smallest absolute Gasteiger partial charge is 0.340 e. The Morgan fingerprint density at radius 1 is 0.912 bits per heavy atom. The highest BCUT2D eigenvalue weighted by Gasteiger charge is 2.46. The molecule has 182 valence electrons. The Bertz CT molecular complexity index is 1040. The number of rotatable bonds is 6. The molecule has 0 bridgehead atoms. The first-order valence-corrected chi connectivity index (χ1v) is 9.86. The second kappa shape index (κ2) is 10.4. The van der Waals surface area contributed by atoms with E-state index in [1.165, 1.54) is 18.2 Å². The largest absolute Gasteiger partial charge is 0.508 e. The van der Waals surface area contributed by atoms with Crippen LogP contribution >= 0.6 is 0 Å². The van der Waals surface area contributed by atoms with Crippen LogP contribution in [0.5, 0.6) is 23.0 Å². The van der Waals surface area contributed by atoms with Gasteiger partial charge in [-0.15, -0.1) is 0 Å². The molecule has 1 saturated heterocycles. The lowest BCUT2D eigenvalue weighted by molar-refractivity contribution is -0.285. The Balaban J connectivity index is 1.62. The molecule has 2 aromatic rings. The van der Waals surface area contributed by atoms with E-state index in [0.717, 1.165) is 18.2 Å². The maximum atomic E-state index is 12.3. The van der Waals surface area contributed by atoms with Crippen molar-refractivity contribution in [3.05, 3.63) is 53.6 Å². The van der Waals surface area contributed by atoms with Gasteiger partial charge >= 0.3 is 11.9 Å². The predicted octanol–water partition coefficient (Wildman–Crippen LogP) is -0.270. The van der Waals surface area contributed by atoms with Crippen LogP contribution < -0.4 is 0 Å². The summed E-state index contributed by atoms with van der Waals surface area (Å²) in [7, 11) is 0. The molecular weight excluding hydrogens is 456 g/mol. The molecule has 34 heavy (non-hydrogen) atoms. The second-order valence-corrected chi connectivity index (χ2v) is 7.34. The van der Waals surface area contributed by atoms with Gasteiger partial charge in [-0.3, -0.25) is 0 Å². The molecule has 7 N–H and O–H groups in total. The van der Waals surface area contributed by atoms with Crippen molar-refractivity contribution in [3.8, 4) is 23.0 Å². The molecule has 0 saturated carbocycles. The molecule has 0 aliphatic carbocycles. The standard InChI is InChI=1S/C22H22O12/c23-12-4-1-10(2-5-12)3-6-16(26)32-9-15-18(28)19(29)20(30)22(33-15)34-21(31)11-7-13(24)17(27)14(25)8-11/h1-8,15,18-20,22-25,27-30H,9H2/t15-,18+,19-,20+,22-/m0/s1. The van der Waals surface area contributed by atoms with Crippen LogP contribution in [-0.2, 0) is 19.0 Å². The molecule has 0 spiro atoms. The van der Waals surface area contributed by atoms with E-state index in [1.54, 1.807) is 12.1 Å². The zero-order valence-corrected chi connectivity index (χ0v) is 17.4. The van der Waals surface area contributed by atoms with Crippen LogP contribution in [0.25, 0.3) is 6.08 Å². The highest BCUT2D eigenvalue weighted by molar-refractivity contribution is 5.91. The minimum Gasteiger partial charge on any atom is -0.508 e. The summed E-state index contributed by atoms with van der Waals surface area (Å²) in [5, 5.41) is 67.9. The number of phenols is 4. The Labute approximate surface area is 192 Å². The number of esters is 2. The molecule has 1 aliphatic heterocycles. The van der Waals surface area contributed by atoms with E-state index in [-0.39, 0.29) is 5.75 Å². The van der Waals surface area contributed by atoms with Crippen LogP contribution in [0.4, 0.5) is 0 Å². The average molecular weight is 478 g/mol. The highest BCUT2D eigenvalue weighted by Crippen LogP contribution is 2.36. The summed E-state index contributed by atoms with van der Waals surface area (Å²) in [6.07, 6.45) is -6.10. The molecule has 1 fully saturated rings. The lowest BCUT2D eigenvalue weighted by atomic mass is 9.99. The van der Waals surface area contributed by atoms with Gasteiger partial charge in [0.2, 0.25) is 6.29 Å². The number of aliphatic hydroxyl groups excluding tert-OH is 3. The van der Waals surface area contributed by atoms with Crippen LogP contribution in [-0.4, -0.2) is 85.0 Å². The van der Waals surface area contributed by atoms with Crippen molar-refractivity contribution in [2.24, 2.45) is 0 Å². The Hall–Kier alpha value is -3.84. The van der Waals surface area contributed by atoms with Gasteiger partial charge in [-0.25, -0.2) is 9.59 Å². The van der Waals surface area contributed by atoms with Crippen LogP contribution in [0, 0.1) is 0 Å². The van der Waals surface area contributed by atoms with E-state index in [9.17, 15) is 45.3 Å². The Kier molecular flexibility index (Phi) is 7.58. The summed E-state index contributed by atoms with van der Waals surface area (Å²) in [5.74, 6) is -4.45. The fourth-order valence-corrected chi connectivity index (χ4v) is 3.01. The van der Waals surface area contributed by atoms with Gasteiger partial charge in [0, 0.05) is 6.08 Å². The number of carbonyl (C=O) groups excluding carboxylic acids is 2.